The Balaban J connectivity index is 2.28. The molecule has 0 heterocycles. The van der Waals surface area contributed by atoms with Gasteiger partial charge in [-0.2, -0.15) is 0 Å². The van der Waals surface area contributed by atoms with Gasteiger partial charge in [0.1, 0.15) is 15.2 Å². The molecule has 0 bridgehead atoms. The third kappa shape index (κ3) is 3.86. The SMILES string of the molecule is CCC[Si](c1ccccc1)(c1ccccc1)[Si](c1ccccc1)(c1ccccc1)C(C)(C)C. The molecule has 0 nitrogen and oxygen atoms in total. The third-order valence-electron chi connectivity index (χ3n) is 7.34. The molecule has 4 aromatic rings. The Labute approximate surface area is 202 Å². The summed E-state index contributed by atoms with van der Waals surface area (Å²) in [6, 6.07) is 47.5. The fourth-order valence-electron chi connectivity index (χ4n) is 6.44. The molecule has 0 aromatic heterocycles. The molecule has 0 N–H and O–H groups in total. The molecular weight excluding hydrogens is 429 g/mol. The minimum absolute atomic E-state index is 0.114. The van der Waals surface area contributed by atoms with Crippen molar-refractivity contribution in [3.05, 3.63) is 121 Å². The highest BCUT2D eigenvalue weighted by atomic mass is 29.3. The van der Waals surface area contributed by atoms with Crippen LogP contribution < -0.4 is 20.7 Å². The fourth-order valence-corrected chi connectivity index (χ4v) is 29.8. The highest BCUT2D eigenvalue weighted by Crippen LogP contribution is 2.43. The van der Waals surface area contributed by atoms with Crippen molar-refractivity contribution in [2.75, 3.05) is 0 Å². The summed E-state index contributed by atoms with van der Waals surface area (Å²) in [5.41, 5.74) is 0. The van der Waals surface area contributed by atoms with Gasteiger partial charge < -0.3 is 0 Å². The molecular formula is C31H36Si2. The van der Waals surface area contributed by atoms with Crippen LogP contribution in [0.1, 0.15) is 34.1 Å². The predicted molar refractivity (Wildman–Crippen MR) is 151 cm³/mol. The van der Waals surface area contributed by atoms with Gasteiger partial charge in [0, 0.05) is 0 Å². The molecule has 0 unspecified atom stereocenters. The van der Waals surface area contributed by atoms with Gasteiger partial charge in [-0.25, -0.2) is 0 Å². The zero-order chi connectivity index (χ0) is 23.4. The van der Waals surface area contributed by atoms with Crippen molar-refractivity contribution in [2.24, 2.45) is 0 Å². The maximum absolute atomic E-state index is 2.52. The van der Waals surface area contributed by atoms with E-state index in [4.69, 9.17) is 0 Å². The van der Waals surface area contributed by atoms with Crippen LogP contribution in [0.4, 0.5) is 0 Å². The largest absolute Gasteiger partial charge is 0.126 e. The summed E-state index contributed by atoms with van der Waals surface area (Å²) in [6.45, 7) is 9.93. The lowest BCUT2D eigenvalue weighted by atomic mass is 10.2. The maximum Gasteiger partial charge on any atom is 0.126 e. The van der Waals surface area contributed by atoms with E-state index in [0.29, 0.717) is 0 Å². The van der Waals surface area contributed by atoms with Crippen LogP contribution in [-0.2, 0) is 0 Å². The lowest BCUT2D eigenvalue weighted by molar-refractivity contribution is 0.741. The van der Waals surface area contributed by atoms with E-state index in [1.54, 1.807) is 20.7 Å². The molecule has 0 saturated carbocycles. The first kappa shape index (κ1) is 23.5. The Hall–Kier alpha value is -2.69. The van der Waals surface area contributed by atoms with Gasteiger partial charge in [-0.1, -0.05) is 182 Å². The lowest BCUT2D eigenvalue weighted by Gasteiger charge is -2.56. The van der Waals surface area contributed by atoms with Gasteiger partial charge in [0.15, 0.2) is 0 Å². The van der Waals surface area contributed by atoms with E-state index in [1.807, 2.05) is 0 Å². The van der Waals surface area contributed by atoms with Gasteiger partial charge in [-0.05, 0) is 5.04 Å². The smallest absolute Gasteiger partial charge is 0.0656 e. The first-order chi connectivity index (χ1) is 16.0. The van der Waals surface area contributed by atoms with Crippen LogP contribution in [0.15, 0.2) is 121 Å². The Kier molecular flexibility index (Phi) is 6.87. The molecule has 0 atom stereocenters. The monoisotopic (exact) mass is 464 g/mol. The molecule has 168 valence electrons. The van der Waals surface area contributed by atoms with Crippen molar-refractivity contribution < 1.29 is 0 Å². The summed E-state index contributed by atoms with van der Waals surface area (Å²) in [5, 5.41) is 6.40. The van der Waals surface area contributed by atoms with Crippen molar-refractivity contribution >= 4 is 35.9 Å². The average Bonchev–Trinajstić information content (AvgIpc) is 2.85. The number of hydrogen-bond acceptors (Lipinski definition) is 0. The second-order valence-electron chi connectivity index (χ2n) is 10.1. The molecule has 0 aliphatic rings. The second kappa shape index (κ2) is 9.66. The van der Waals surface area contributed by atoms with Crippen LogP contribution in [-0.4, -0.2) is 15.2 Å². The standard InChI is InChI=1S/C31H36Si2/c1-5-26-32(27-18-10-6-11-19-27,28-20-12-7-13-21-28)33(31(2,3)4,29-22-14-8-15-23-29)30-24-16-9-17-25-30/h6-25H,5,26H2,1-4H3. The summed E-state index contributed by atoms with van der Waals surface area (Å²) in [7, 11) is -4.70. The molecule has 0 aliphatic carbocycles. The normalized spacial score (nSPS) is 12.5. The van der Waals surface area contributed by atoms with Gasteiger partial charge in [0.2, 0.25) is 0 Å². The number of rotatable bonds is 7. The van der Waals surface area contributed by atoms with Crippen molar-refractivity contribution in [1.82, 2.24) is 0 Å². The second-order valence-corrected chi connectivity index (χ2v) is 22.6. The van der Waals surface area contributed by atoms with Crippen LogP contribution in [0, 0.1) is 0 Å². The fraction of sp³-hybridized carbons (Fsp3) is 0.226. The third-order valence-corrected chi connectivity index (χ3v) is 27.5. The van der Waals surface area contributed by atoms with Gasteiger partial charge >= 0.3 is 0 Å². The minimum Gasteiger partial charge on any atom is -0.0656 e. The molecule has 0 saturated heterocycles. The Morgan fingerprint density at radius 1 is 0.485 bits per heavy atom. The highest BCUT2D eigenvalue weighted by molar-refractivity contribution is 7.60. The quantitative estimate of drug-likeness (QED) is 0.303. The summed E-state index contributed by atoms with van der Waals surface area (Å²) in [6.07, 6.45) is 1.18. The van der Waals surface area contributed by atoms with Gasteiger partial charge in [0.05, 0.1) is 0 Å². The van der Waals surface area contributed by atoms with E-state index < -0.39 is 15.2 Å². The molecule has 0 radical (unpaired) electrons. The summed E-state index contributed by atoms with van der Waals surface area (Å²) in [5.74, 6) is 0. The molecule has 0 amide bonds. The Morgan fingerprint density at radius 2 is 0.788 bits per heavy atom. The van der Waals surface area contributed by atoms with E-state index in [1.165, 1.54) is 12.5 Å². The molecule has 0 fully saturated rings. The van der Waals surface area contributed by atoms with Gasteiger partial charge in [0.25, 0.3) is 0 Å². The lowest BCUT2D eigenvalue weighted by Crippen LogP contribution is -2.88. The molecule has 2 heteroatoms. The maximum atomic E-state index is 2.52. The van der Waals surface area contributed by atoms with Crippen molar-refractivity contribution in [1.29, 1.82) is 0 Å². The first-order valence-electron chi connectivity index (χ1n) is 12.2. The summed E-state index contributed by atoms with van der Waals surface area (Å²) < 4.78 is 0. The van der Waals surface area contributed by atoms with E-state index >= 15 is 0 Å². The van der Waals surface area contributed by atoms with Crippen molar-refractivity contribution in [3.63, 3.8) is 0 Å². The minimum atomic E-state index is -2.39. The molecule has 4 aromatic carbocycles. The number of hydrogen-bond donors (Lipinski definition) is 0. The topological polar surface area (TPSA) is 0 Å². The summed E-state index contributed by atoms with van der Waals surface area (Å²) in [4.78, 5) is 0. The molecule has 0 spiro atoms. The summed E-state index contributed by atoms with van der Waals surface area (Å²) >= 11 is 0. The zero-order valence-electron chi connectivity index (χ0n) is 20.5. The molecule has 0 aliphatic heterocycles. The van der Waals surface area contributed by atoms with Crippen LogP contribution in [0.25, 0.3) is 0 Å². The van der Waals surface area contributed by atoms with Crippen molar-refractivity contribution in [3.8, 4) is 0 Å². The van der Waals surface area contributed by atoms with E-state index in [0.717, 1.165) is 0 Å². The van der Waals surface area contributed by atoms with Gasteiger partial charge in [-0.15, -0.1) is 0 Å². The Bertz CT molecular complexity index is 1050. The Morgan fingerprint density at radius 3 is 1.06 bits per heavy atom. The average molecular weight is 465 g/mol. The van der Waals surface area contributed by atoms with Crippen molar-refractivity contribution in [2.45, 2.75) is 45.2 Å². The van der Waals surface area contributed by atoms with Crippen LogP contribution >= 0.6 is 0 Å². The van der Waals surface area contributed by atoms with E-state index in [9.17, 15) is 0 Å². The van der Waals surface area contributed by atoms with Gasteiger partial charge in [-0.3, -0.25) is 0 Å². The zero-order valence-corrected chi connectivity index (χ0v) is 22.5. The van der Waals surface area contributed by atoms with Crippen LogP contribution in [0.5, 0.6) is 0 Å². The highest BCUT2D eigenvalue weighted by Gasteiger charge is 2.63. The van der Waals surface area contributed by atoms with Crippen LogP contribution in [0.2, 0.25) is 11.1 Å². The first-order valence-corrected chi connectivity index (χ1v) is 17.4. The van der Waals surface area contributed by atoms with E-state index in [2.05, 4.69) is 149 Å². The van der Waals surface area contributed by atoms with Crippen LogP contribution in [0.3, 0.4) is 0 Å². The molecule has 33 heavy (non-hydrogen) atoms. The molecule has 4 rings (SSSR count). The van der Waals surface area contributed by atoms with E-state index in [-0.39, 0.29) is 5.04 Å². The predicted octanol–water partition coefficient (Wildman–Crippen LogP) is 5.80. The number of benzene rings is 4.